The zero-order chi connectivity index (χ0) is 45.2. The third-order valence-electron chi connectivity index (χ3n) is 9.84. The molecule has 2 aromatic carbocycles. The molecule has 18 heteroatoms. The lowest BCUT2D eigenvalue weighted by molar-refractivity contribution is -0.163. The number of phenolic OH excluding ortho intramolecular Hbond substituents is 1. The van der Waals surface area contributed by atoms with Crippen molar-refractivity contribution in [2.24, 2.45) is 23.1 Å². The van der Waals surface area contributed by atoms with E-state index in [2.05, 4.69) is 21.3 Å². The number of aromatic hydroxyl groups is 1. The van der Waals surface area contributed by atoms with E-state index in [9.17, 15) is 48.6 Å². The van der Waals surface area contributed by atoms with Crippen LogP contribution in [0.3, 0.4) is 0 Å². The molecule has 0 bridgehead atoms. The van der Waals surface area contributed by atoms with Crippen LogP contribution >= 0.6 is 0 Å². The van der Waals surface area contributed by atoms with Crippen LogP contribution in [0.2, 0.25) is 0 Å². The number of rotatable bonds is 26. The number of nitrogens with two attached hydrogens (primary N) is 3. The zero-order valence-corrected chi connectivity index (χ0v) is 35.1. The molecule has 12 N–H and O–H groups in total. The molecule has 330 valence electrons. The van der Waals surface area contributed by atoms with E-state index >= 15 is 0 Å². The van der Waals surface area contributed by atoms with Crippen molar-refractivity contribution in [3.8, 4) is 5.75 Å². The van der Waals surface area contributed by atoms with Crippen LogP contribution in [-0.4, -0.2) is 111 Å². The quantitative estimate of drug-likeness (QED) is 0.0613. The van der Waals surface area contributed by atoms with E-state index < -0.39 is 95.9 Å². The Labute approximate surface area is 350 Å². The summed E-state index contributed by atoms with van der Waals surface area (Å²) in [6.45, 7) is 7.52. The number of carbonyl (C=O) groups is 8. The second-order valence-corrected chi connectivity index (χ2v) is 15.4. The van der Waals surface area contributed by atoms with E-state index in [4.69, 9.17) is 17.2 Å². The Morgan fingerprint density at radius 1 is 0.767 bits per heavy atom. The van der Waals surface area contributed by atoms with Gasteiger partial charge >= 0.3 is 5.97 Å². The van der Waals surface area contributed by atoms with Crippen molar-refractivity contribution >= 4 is 47.2 Å². The molecule has 0 aliphatic carbocycles. The normalized spacial score (nSPS) is 14.6. The van der Waals surface area contributed by atoms with Gasteiger partial charge in [-0.25, -0.2) is 4.79 Å². The van der Waals surface area contributed by atoms with Crippen molar-refractivity contribution in [2.75, 3.05) is 13.1 Å². The summed E-state index contributed by atoms with van der Waals surface area (Å²) >= 11 is 0. The van der Waals surface area contributed by atoms with Gasteiger partial charge in [0.2, 0.25) is 35.4 Å². The maximum absolute atomic E-state index is 14.3. The van der Waals surface area contributed by atoms with E-state index in [1.165, 1.54) is 43.0 Å². The lowest BCUT2D eigenvalue weighted by Crippen LogP contribution is -2.62. The summed E-state index contributed by atoms with van der Waals surface area (Å²) in [7, 11) is 0. The van der Waals surface area contributed by atoms with E-state index in [1.807, 2.05) is 44.2 Å². The smallest absolute Gasteiger partial charge is 0.329 e. The van der Waals surface area contributed by atoms with Gasteiger partial charge in [0.05, 0.1) is 25.0 Å². The van der Waals surface area contributed by atoms with Gasteiger partial charge in [-0.05, 0) is 75.1 Å². The van der Waals surface area contributed by atoms with Crippen LogP contribution in [0.4, 0.5) is 0 Å². The number of hydrogen-bond donors (Lipinski definition) is 9. The number of nitrogens with zero attached hydrogens (tertiary/aromatic N) is 1. The second-order valence-electron chi connectivity index (χ2n) is 15.4. The van der Waals surface area contributed by atoms with Crippen molar-refractivity contribution in [1.82, 2.24) is 26.2 Å². The lowest BCUT2D eigenvalue weighted by Gasteiger charge is -2.43. The minimum absolute atomic E-state index is 0.0375. The first kappa shape index (κ1) is 50.3. The molecule has 0 heterocycles. The van der Waals surface area contributed by atoms with Crippen LogP contribution in [0, 0.1) is 5.92 Å². The molecular formula is C42H62N8O10. The molecule has 2 rings (SSSR count). The van der Waals surface area contributed by atoms with Crippen LogP contribution in [-0.2, 0) is 51.2 Å². The molecule has 2 aromatic rings. The first-order valence-corrected chi connectivity index (χ1v) is 20.1. The molecule has 0 saturated heterocycles. The van der Waals surface area contributed by atoms with Gasteiger partial charge < -0.3 is 53.6 Å². The largest absolute Gasteiger partial charge is 0.508 e. The highest BCUT2D eigenvalue weighted by Gasteiger charge is 2.47. The number of carboxylic acid groups (broad SMARTS) is 1. The molecule has 60 heavy (non-hydrogen) atoms. The molecule has 0 saturated carbocycles. The van der Waals surface area contributed by atoms with Crippen LogP contribution in [0.1, 0.15) is 84.3 Å². The molecule has 6 amide bonds. The highest BCUT2D eigenvalue weighted by molar-refractivity contribution is 5.96. The Hall–Kier alpha value is -5.88. The predicted octanol–water partition coefficient (Wildman–Crippen LogP) is 0.165. The van der Waals surface area contributed by atoms with Crippen LogP contribution in [0.5, 0.6) is 5.75 Å². The highest BCUT2D eigenvalue weighted by atomic mass is 16.4. The van der Waals surface area contributed by atoms with Gasteiger partial charge in [0, 0.05) is 13.0 Å². The number of Topliss-reactive ketones (excluding diaryl/α,β-unsaturated/α-hetero) is 1. The molecule has 0 fully saturated rings. The number of primary amides is 1. The first-order chi connectivity index (χ1) is 28.2. The lowest BCUT2D eigenvalue weighted by atomic mass is 9.82. The fourth-order valence-corrected chi connectivity index (χ4v) is 6.90. The standard InChI is InChI=1S/C42H62N8O10/c1-6-18-42(41(59)60,23-25(2)3)50(40(58)27(5)47-37(55)26(4)46-38(56)31(44)20-28-11-8-7-9-12-28)19-10-13-34(52)32(21-29-14-16-30(51)17-15-29)49-39(57)33(22-35(45)53)48-36(54)24-43/h7-9,11-12,14-17,25-27,31-33,51H,6,10,13,18-24,43-44H2,1-5H3,(H2,45,53)(H,46,56)(H,47,55)(H,48,54)(H,49,57)(H,59,60)/t26-,27-,31-,32-,33-,42-/m0/s1. The van der Waals surface area contributed by atoms with E-state index in [0.717, 1.165) is 5.56 Å². The van der Waals surface area contributed by atoms with Crippen LogP contribution in [0.25, 0.3) is 0 Å². The number of aliphatic carboxylic acids is 1. The number of phenols is 1. The molecule has 0 aliphatic heterocycles. The molecule has 6 atom stereocenters. The molecule has 0 aromatic heterocycles. The van der Waals surface area contributed by atoms with Gasteiger partial charge in [-0.2, -0.15) is 0 Å². The van der Waals surface area contributed by atoms with Gasteiger partial charge in [-0.15, -0.1) is 0 Å². The summed E-state index contributed by atoms with van der Waals surface area (Å²) in [5.41, 5.74) is 16.4. The van der Waals surface area contributed by atoms with Gasteiger partial charge in [-0.1, -0.05) is 69.7 Å². The van der Waals surface area contributed by atoms with E-state index in [1.54, 1.807) is 6.92 Å². The number of hydrogen-bond acceptors (Lipinski definition) is 11. The summed E-state index contributed by atoms with van der Waals surface area (Å²) in [6.07, 6.45) is -0.268. The maximum atomic E-state index is 14.3. The van der Waals surface area contributed by atoms with E-state index in [0.29, 0.717) is 12.0 Å². The van der Waals surface area contributed by atoms with E-state index in [-0.39, 0.29) is 56.7 Å². The molecule has 0 spiro atoms. The Bertz CT molecular complexity index is 1790. The van der Waals surface area contributed by atoms with Crippen molar-refractivity contribution in [1.29, 1.82) is 0 Å². The highest BCUT2D eigenvalue weighted by Crippen LogP contribution is 2.31. The van der Waals surface area contributed by atoms with Gasteiger partial charge in [0.1, 0.15) is 29.4 Å². The monoisotopic (exact) mass is 838 g/mol. The van der Waals surface area contributed by atoms with Crippen molar-refractivity contribution < 1.29 is 48.6 Å². The summed E-state index contributed by atoms with van der Waals surface area (Å²) < 4.78 is 0. The topological polar surface area (TPSA) is 306 Å². The summed E-state index contributed by atoms with van der Waals surface area (Å²) in [5.74, 6) is -6.57. The van der Waals surface area contributed by atoms with Crippen LogP contribution in [0.15, 0.2) is 54.6 Å². The Kier molecular flexibility index (Phi) is 20.3. The van der Waals surface area contributed by atoms with Crippen molar-refractivity contribution in [2.45, 2.75) is 122 Å². The van der Waals surface area contributed by atoms with Crippen molar-refractivity contribution in [3.05, 3.63) is 65.7 Å². The van der Waals surface area contributed by atoms with Gasteiger partial charge in [-0.3, -0.25) is 33.6 Å². The summed E-state index contributed by atoms with van der Waals surface area (Å²) in [5, 5.41) is 30.6. The summed E-state index contributed by atoms with van der Waals surface area (Å²) in [6, 6.07) is 8.95. The third kappa shape index (κ3) is 15.7. The van der Waals surface area contributed by atoms with Crippen molar-refractivity contribution in [3.63, 3.8) is 0 Å². The molecule has 0 unspecified atom stereocenters. The minimum atomic E-state index is -1.73. The average Bonchev–Trinajstić information content (AvgIpc) is 3.18. The molecule has 0 aliphatic rings. The number of nitrogens with one attached hydrogen (secondary N) is 4. The number of amides is 6. The predicted molar refractivity (Wildman–Crippen MR) is 223 cm³/mol. The second kappa shape index (κ2) is 24.3. The Morgan fingerprint density at radius 3 is 1.92 bits per heavy atom. The minimum Gasteiger partial charge on any atom is -0.508 e. The van der Waals surface area contributed by atoms with Crippen LogP contribution < -0.4 is 38.5 Å². The molecule has 18 nitrogen and oxygen atoms in total. The third-order valence-corrected chi connectivity index (χ3v) is 9.84. The number of carboxylic acids is 1. The zero-order valence-electron chi connectivity index (χ0n) is 35.1. The fourth-order valence-electron chi connectivity index (χ4n) is 6.90. The molecular weight excluding hydrogens is 777 g/mol. The number of ketones is 1. The SMILES string of the molecule is CCC[C@](CC(C)C)(C(=O)O)N(CCCC(=O)[C@H](Cc1ccc(O)cc1)NC(=O)[C@H](CC(N)=O)NC(=O)CN)C(=O)[C@H](C)NC(=O)[C@H](C)NC(=O)[C@@H](N)Cc1ccccc1. The maximum Gasteiger partial charge on any atom is 0.329 e. The Morgan fingerprint density at radius 2 is 1.37 bits per heavy atom. The first-order valence-electron chi connectivity index (χ1n) is 20.1. The fraction of sp³-hybridized carbons (Fsp3) is 0.524. The molecule has 0 radical (unpaired) electrons. The Balaban J connectivity index is 2.36. The number of carbonyl (C=O) groups excluding carboxylic acids is 7. The van der Waals surface area contributed by atoms with Gasteiger partial charge in [0.15, 0.2) is 5.78 Å². The summed E-state index contributed by atoms with van der Waals surface area (Å²) in [4.78, 5) is 106. The van der Waals surface area contributed by atoms with Gasteiger partial charge in [0.25, 0.3) is 0 Å². The number of benzene rings is 2. The average molecular weight is 839 g/mol.